The molecule has 0 unspecified atom stereocenters. The van der Waals surface area contributed by atoms with Crippen LogP contribution in [-0.2, 0) is 14.8 Å². The maximum absolute atomic E-state index is 13.0. The van der Waals surface area contributed by atoms with Gasteiger partial charge >= 0.3 is 0 Å². The van der Waals surface area contributed by atoms with Crippen LogP contribution >= 0.6 is 11.8 Å². The van der Waals surface area contributed by atoms with E-state index in [2.05, 4.69) is 10.2 Å². The highest BCUT2D eigenvalue weighted by Crippen LogP contribution is 2.30. The molecule has 152 valence electrons. The van der Waals surface area contributed by atoms with Crippen LogP contribution in [0, 0.1) is 0 Å². The summed E-state index contributed by atoms with van der Waals surface area (Å²) in [6, 6.07) is 4.77. The Morgan fingerprint density at radius 3 is 2.48 bits per heavy atom. The zero-order valence-corrected chi connectivity index (χ0v) is 17.9. The van der Waals surface area contributed by atoms with Crippen molar-refractivity contribution in [1.29, 1.82) is 0 Å². The number of anilines is 1. The highest BCUT2D eigenvalue weighted by atomic mass is 32.2. The summed E-state index contributed by atoms with van der Waals surface area (Å²) in [5, 5.41) is 2.82. The Labute approximate surface area is 166 Å². The number of carbonyl (C=O) groups is 1. The van der Waals surface area contributed by atoms with Crippen LogP contribution in [-0.4, -0.2) is 74.4 Å². The highest BCUT2D eigenvalue weighted by Gasteiger charge is 2.26. The van der Waals surface area contributed by atoms with E-state index >= 15 is 0 Å². The largest absolute Gasteiger partial charge is 0.492 e. The van der Waals surface area contributed by atoms with E-state index in [-0.39, 0.29) is 10.8 Å². The molecule has 2 rings (SSSR count). The first-order valence-electron chi connectivity index (χ1n) is 9.29. The lowest BCUT2D eigenvalue weighted by Gasteiger charge is -2.25. The van der Waals surface area contributed by atoms with Gasteiger partial charge in [0.25, 0.3) is 0 Å². The third-order valence-corrected chi connectivity index (χ3v) is 7.34. The molecule has 0 spiro atoms. The molecule has 7 nitrogen and oxygen atoms in total. The van der Waals surface area contributed by atoms with Gasteiger partial charge in [0, 0.05) is 43.4 Å². The summed E-state index contributed by atoms with van der Waals surface area (Å²) in [5.74, 6) is 2.22. The monoisotopic (exact) mass is 415 g/mol. The minimum absolute atomic E-state index is 0.0835. The molecule has 0 bridgehead atoms. The maximum atomic E-state index is 13.0. The van der Waals surface area contributed by atoms with Gasteiger partial charge < -0.3 is 10.1 Å². The van der Waals surface area contributed by atoms with Crippen LogP contribution in [0.2, 0.25) is 0 Å². The van der Waals surface area contributed by atoms with Gasteiger partial charge in [-0.2, -0.15) is 16.1 Å². The number of hydrogen-bond acceptors (Lipinski definition) is 6. The Morgan fingerprint density at radius 2 is 1.89 bits per heavy atom. The number of amides is 1. The standard InChI is InChI=1S/C18H29N3O4S2/c1-4-21(5-2)27(23,24)17-13-15(7-8-16(17)25-6-3)19-18(22)14-20-9-11-26-12-10-20/h7-8,13H,4-6,9-12,14H2,1-3H3,(H,19,22). The van der Waals surface area contributed by atoms with Crippen LogP contribution in [0.3, 0.4) is 0 Å². The molecule has 1 aliphatic heterocycles. The Kier molecular flexibility index (Phi) is 8.40. The molecule has 1 aromatic rings. The summed E-state index contributed by atoms with van der Waals surface area (Å²) >= 11 is 1.89. The van der Waals surface area contributed by atoms with Crippen molar-refractivity contribution in [3.8, 4) is 5.75 Å². The van der Waals surface area contributed by atoms with Gasteiger partial charge in [0.1, 0.15) is 10.6 Å². The van der Waals surface area contributed by atoms with Crippen molar-refractivity contribution in [3.63, 3.8) is 0 Å². The van der Waals surface area contributed by atoms with Gasteiger partial charge in [0.15, 0.2) is 0 Å². The molecule has 1 saturated heterocycles. The molecule has 0 radical (unpaired) electrons. The number of hydrogen-bond donors (Lipinski definition) is 1. The number of carbonyl (C=O) groups excluding carboxylic acids is 1. The molecule has 0 saturated carbocycles. The second kappa shape index (κ2) is 10.3. The van der Waals surface area contributed by atoms with E-state index in [9.17, 15) is 13.2 Å². The third-order valence-electron chi connectivity index (χ3n) is 4.32. The third kappa shape index (κ3) is 5.84. The summed E-state index contributed by atoms with van der Waals surface area (Å²) in [4.78, 5) is 14.5. The molecule has 0 aromatic heterocycles. The lowest BCUT2D eigenvalue weighted by molar-refractivity contribution is -0.117. The Bertz CT molecular complexity index is 730. The molecule has 0 atom stereocenters. The molecule has 0 aliphatic carbocycles. The normalized spacial score (nSPS) is 15.7. The van der Waals surface area contributed by atoms with Gasteiger partial charge in [-0.25, -0.2) is 8.42 Å². The second-order valence-corrected chi connectivity index (χ2v) is 9.25. The predicted molar refractivity (Wildman–Crippen MR) is 110 cm³/mol. The SMILES string of the molecule is CCOc1ccc(NC(=O)CN2CCSCC2)cc1S(=O)(=O)N(CC)CC. The van der Waals surface area contributed by atoms with E-state index in [1.54, 1.807) is 32.9 Å². The average molecular weight is 416 g/mol. The minimum atomic E-state index is -3.70. The Morgan fingerprint density at radius 1 is 1.22 bits per heavy atom. The zero-order valence-electron chi connectivity index (χ0n) is 16.2. The summed E-state index contributed by atoms with van der Waals surface area (Å²) in [6.45, 7) is 8.59. The topological polar surface area (TPSA) is 79.0 Å². The van der Waals surface area contributed by atoms with E-state index in [0.29, 0.717) is 37.7 Å². The number of nitrogens with one attached hydrogen (secondary N) is 1. The maximum Gasteiger partial charge on any atom is 0.246 e. The fraction of sp³-hybridized carbons (Fsp3) is 0.611. The fourth-order valence-corrected chi connectivity index (χ4v) is 5.52. The number of benzene rings is 1. The highest BCUT2D eigenvalue weighted by molar-refractivity contribution is 7.99. The Balaban J connectivity index is 2.22. The predicted octanol–water partition coefficient (Wildman–Crippen LogP) is 2.10. The molecule has 9 heteroatoms. The van der Waals surface area contributed by atoms with Gasteiger partial charge in [-0.15, -0.1) is 0 Å². The van der Waals surface area contributed by atoms with Crippen molar-refractivity contribution >= 4 is 33.4 Å². The van der Waals surface area contributed by atoms with Gasteiger partial charge in [0.05, 0.1) is 13.2 Å². The van der Waals surface area contributed by atoms with E-state index in [0.717, 1.165) is 24.6 Å². The first-order valence-corrected chi connectivity index (χ1v) is 11.9. The van der Waals surface area contributed by atoms with E-state index in [1.165, 1.54) is 10.4 Å². The quantitative estimate of drug-likeness (QED) is 0.665. The van der Waals surface area contributed by atoms with Crippen molar-refractivity contribution in [2.75, 3.05) is 56.2 Å². The van der Waals surface area contributed by atoms with Crippen molar-refractivity contribution < 1.29 is 17.9 Å². The van der Waals surface area contributed by atoms with Gasteiger partial charge in [0.2, 0.25) is 15.9 Å². The first kappa shape index (κ1) is 22.0. The summed E-state index contributed by atoms with van der Waals surface area (Å²) in [6.07, 6.45) is 0. The molecular formula is C18H29N3O4S2. The molecule has 1 fully saturated rings. The van der Waals surface area contributed by atoms with Crippen LogP contribution in [0.1, 0.15) is 20.8 Å². The molecule has 1 heterocycles. The van der Waals surface area contributed by atoms with Gasteiger partial charge in [-0.05, 0) is 25.1 Å². The number of sulfonamides is 1. The fourth-order valence-electron chi connectivity index (χ4n) is 2.93. The molecule has 27 heavy (non-hydrogen) atoms. The van der Waals surface area contributed by atoms with Crippen molar-refractivity contribution in [2.24, 2.45) is 0 Å². The number of nitrogens with zero attached hydrogens (tertiary/aromatic N) is 2. The molecule has 1 aromatic carbocycles. The van der Waals surface area contributed by atoms with Crippen LogP contribution < -0.4 is 10.1 Å². The van der Waals surface area contributed by atoms with Gasteiger partial charge in [-0.1, -0.05) is 13.8 Å². The van der Waals surface area contributed by atoms with E-state index < -0.39 is 10.0 Å². The van der Waals surface area contributed by atoms with E-state index in [4.69, 9.17) is 4.74 Å². The molecule has 1 amide bonds. The number of thioether (sulfide) groups is 1. The van der Waals surface area contributed by atoms with Crippen LogP contribution in [0.4, 0.5) is 5.69 Å². The van der Waals surface area contributed by atoms with Crippen LogP contribution in [0.15, 0.2) is 23.1 Å². The van der Waals surface area contributed by atoms with Crippen molar-refractivity contribution in [3.05, 3.63) is 18.2 Å². The average Bonchev–Trinajstić information content (AvgIpc) is 2.64. The zero-order chi connectivity index (χ0) is 19.9. The first-order chi connectivity index (χ1) is 12.9. The summed E-state index contributed by atoms with van der Waals surface area (Å²) in [5.41, 5.74) is 0.459. The smallest absolute Gasteiger partial charge is 0.246 e. The number of rotatable bonds is 9. The van der Waals surface area contributed by atoms with Crippen molar-refractivity contribution in [1.82, 2.24) is 9.21 Å². The van der Waals surface area contributed by atoms with Gasteiger partial charge in [-0.3, -0.25) is 9.69 Å². The van der Waals surface area contributed by atoms with Crippen LogP contribution in [0.5, 0.6) is 5.75 Å². The number of ether oxygens (including phenoxy) is 1. The van der Waals surface area contributed by atoms with E-state index in [1.807, 2.05) is 11.8 Å². The van der Waals surface area contributed by atoms with Crippen LogP contribution in [0.25, 0.3) is 0 Å². The lowest BCUT2D eigenvalue weighted by Crippen LogP contribution is -2.38. The Hall–Kier alpha value is -1.29. The molecular weight excluding hydrogens is 386 g/mol. The summed E-state index contributed by atoms with van der Waals surface area (Å²) < 4.78 is 32.8. The minimum Gasteiger partial charge on any atom is -0.492 e. The lowest BCUT2D eigenvalue weighted by atomic mass is 10.3. The second-order valence-electron chi connectivity index (χ2n) is 6.12. The van der Waals surface area contributed by atoms with Crippen molar-refractivity contribution in [2.45, 2.75) is 25.7 Å². The molecule has 1 aliphatic rings. The molecule has 1 N–H and O–H groups in total. The summed E-state index contributed by atoms with van der Waals surface area (Å²) in [7, 11) is -3.70.